The van der Waals surface area contributed by atoms with Gasteiger partial charge in [-0.15, -0.1) is 0 Å². The minimum atomic E-state index is -0.272. The molecule has 2 aliphatic heterocycles. The second-order valence-electron chi connectivity index (χ2n) is 6.24. The van der Waals surface area contributed by atoms with E-state index in [9.17, 15) is 4.79 Å². The molecule has 2 bridgehead atoms. The lowest BCUT2D eigenvalue weighted by molar-refractivity contribution is -0.166. The Labute approximate surface area is 133 Å². The Kier molecular flexibility index (Phi) is 4.26. The van der Waals surface area contributed by atoms with Crippen molar-refractivity contribution in [3.05, 3.63) is 0 Å². The van der Waals surface area contributed by atoms with Gasteiger partial charge in [0, 0.05) is 19.8 Å². The molecule has 0 amide bonds. The van der Waals surface area contributed by atoms with E-state index >= 15 is 0 Å². The van der Waals surface area contributed by atoms with Crippen LogP contribution in [0.2, 0.25) is 0 Å². The number of halogens is 1. The van der Waals surface area contributed by atoms with Gasteiger partial charge < -0.3 is 14.2 Å². The van der Waals surface area contributed by atoms with Gasteiger partial charge >= 0.3 is 5.97 Å². The maximum Gasteiger partial charge on any atom is 0.303 e. The second-order valence-corrected chi connectivity index (χ2v) is 7.42. The molecule has 0 aromatic rings. The minimum Gasteiger partial charge on any atom is -0.459 e. The molecule has 3 fully saturated rings. The largest absolute Gasteiger partial charge is 0.459 e. The molecular weight excluding hydrogens is 338 g/mol. The van der Waals surface area contributed by atoms with Gasteiger partial charge in [0.15, 0.2) is 0 Å². The summed E-state index contributed by atoms with van der Waals surface area (Å²) in [6.45, 7) is 1.43. The Hall–Kier alpha value is -0.640. The van der Waals surface area contributed by atoms with Gasteiger partial charge in [0.05, 0.1) is 34.8 Å². The van der Waals surface area contributed by atoms with Crippen molar-refractivity contribution < 1.29 is 19.0 Å². The predicted octanol–water partition coefficient (Wildman–Crippen LogP) is 2.46. The third-order valence-electron chi connectivity index (χ3n) is 4.77. The van der Waals surface area contributed by atoms with Crippen molar-refractivity contribution in [1.29, 1.82) is 5.26 Å². The molecule has 3 aliphatic rings. The van der Waals surface area contributed by atoms with Gasteiger partial charge in [-0.1, -0.05) is 15.9 Å². The van der Waals surface area contributed by atoms with E-state index in [-0.39, 0.29) is 40.8 Å². The van der Waals surface area contributed by atoms with Crippen LogP contribution >= 0.6 is 15.9 Å². The van der Waals surface area contributed by atoms with Crippen LogP contribution in [0.15, 0.2) is 0 Å². The molecular formula is C15H20BrNO4. The van der Waals surface area contributed by atoms with Gasteiger partial charge in [-0.05, 0) is 25.7 Å². The molecule has 3 rings (SSSR count). The first-order valence-corrected chi connectivity index (χ1v) is 8.47. The fraction of sp³-hybridized carbons (Fsp3) is 0.867. The van der Waals surface area contributed by atoms with Crippen molar-refractivity contribution in [2.75, 3.05) is 0 Å². The zero-order valence-corrected chi connectivity index (χ0v) is 13.7. The average Bonchev–Trinajstić information content (AvgIpc) is 2.74. The summed E-state index contributed by atoms with van der Waals surface area (Å²) in [4.78, 5) is 11.3. The number of fused-ring (bicyclic) bond motifs is 1. The standard InChI is InChI=1S/C15H20BrNO4/c1-9(18)19-14-11(16)7-15-8-12(14)20-13(15)5-4-10(21-15)3-2-6-17/h10-14H,2-5,7-8H2,1H3/t10?,11?,12-,13?,14-,15+/m1/s1. The first kappa shape index (κ1) is 15.3. The van der Waals surface area contributed by atoms with E-state index in [0.717, 1.165) is 32.1 Å². The van der Waals surface area contributed by atoms with Crippen LogP contribution in [0, 0.1) is 11.3 Å². The number of alkyl halides is 1. The number of rotatable bonds is 3. The molecule has 21 heavy (non-hydrogen) atoms. The fourth-order valence-corrected chi connectivity index (χ4v) is 4.94. The van der Waals surface area contributed by atoms with Crippen molar-refractivity contribution in [3.63, 3.8) is 0 Å². The van der Waals surface area contributed by atoms with E-state index < -0.39 is 0 Å². The maximum atomic E-state index is 11.3. The average molecular weight is 358 g/mol. The van der Waals surface area contributed by atoms with Crippen LogP contribution < -0.4 is 0 Å². The summed E-state index contributed by atoms with van der Waals surface area (Å²) in [5, 5.41) is 8.73. The van der Waals surface area contributed by atoms with E-state index in [1.165, 1.54) is 6.92 Å². The number of nitrogens with zero attached hydrogens (tertiary/aromatic N) is 1. The Morgan fingerprint density at radius 2 is 2.29 bits per heavy atom. The third kappa shape index (κ3) is 2.84. The Bertz CT molecular complexity index is 465. The number of ether oxygens (including phenoxy) is 3. The molecule has 1 saturated carbocycles. The van der Waals surface area contributed by atoms with E-state index in [1.807, 2.05) is 0 Å². The van der Waals surface area contributed by atoms with E-state index in [1.54, 1.807) is 0 Å². The van der Waals surface area contributed by atoms with Crippen LogP contribution in [0.1, 0.15) is 45.4 Å². The van der Waals surface area contributed by atoms with Crippen LogP contribution in [0.25, 0.3) is 0 Å². The van der Waals surface area contributed by atoms with Crippen LogP contribution in [0.4, 0.5) is 0 Å². The first-order chi connectivity index (χ1) is 10.0. The molecule has 1 spiro atoms. The van der Waals surface area contributed by atoms with Crippen LogP contribution in [-0.2, 0) is 19.0 Å². The molecule has 0 N–H and O–H groups in total. The number of nitriles is 1. The monoisotopic (exact) mass is 357 g/mol. The molecule has 116 valence electrons. The van der Waals surface area contributed by atoms with Crippen molar-refractivity contribution >= 4 is 21.9 Å². The van der Waals surface area contributed by atoms with Crippen LogP contribution in [0.5, 0.6) is 0 Å². The van der Waals surface area contributed by atoms with Gasteiger partial charge in [0.1, 0.15) is 6.10 Å². The number of esters is 1. The smallest absolute Gasteiger partial charge is 0.303 e. The lowest BCUT2D eigenvalue weighted by Crippen LogP contribution is -2.53. The summed E-state index contributed by atoms with van der Waals surface area (Å²) in [6, 6.07) is 2.19. The van der Waals surface area contributed by atoms with Gasteiger partial charge in [-0.2, -0.15) is 5.26 Å². The first-order valence-electron chi connectivity index (χ1n) is 7.55. The maximum absolute atomic E-state index is 11.3. The van der Waals surface area contributed by atoms with E-state index in [4.69, 9.17) is 19.5 Å². The molecule has 6 heteroatoms. The van der Waals surface area contributed by atoms with Crippen molar-refractivity contribution in [2.24, 2.45) is 0 Å². The Morgan fingerprint density at radius 1 is 1.48 bits per heavy atom. The van der Waals surface area contributed by atoms with E-state index in [2.05, 4.69) is 22.0 Å². The number of hydrogen-bond acceptors (Lipinski definition) is 5. The summed E-state index contributed by atoms with van der Waals surface area (Å²) in [5.41, 5.74) is -0.270. The zero-order chi connectivity index (χ0) is 15.0. The lowest BCUT2D eigenvalue weighted by Gasteiger charge is -2.45. The summed E-state index contributed by atoms with van der Waals surface area (Å²) in [7, 11) is 0. The van der Waals surface area contributed by atoms with Crippen LogP contribution in [-0.4, -0.2) is 40.8 Å². The molecule has 1 aliphatic carbocycles. The summed E-state index contributed by atoms with van der Waals surface area (Å²) in [6.07, 6.45) is 4.68. The second kappa shape index (κ2) is 5.86. The molecule has 3 unspecified atom stereocenters. The summed E-state index contributed by atoms with van der Waals surface area (Å²) < 4.78 is 17.9. The lowest BCUT2D eigenvalue weighted by atomic mass is 9.77. The fourth-order valence-electron chi connectivity index (χ4n) is 3.94. The summed E-state index contributed by atoms with van der Waals surface area (Å²) >= 11 is 3.64. The van der Waals surface area contributed by atoms with Crippen LogP contribution in [0.3, 0.4) is 0 Å². The molecule has 0 aromatic heterocycles. The highest BCUT2D eigenvalue weighted by Gasteiger charge is 2.60. The predicted molar refractivity (Wildman–Crippen MR) is 77.8 cm³/mol. The highest BCUT2D eigenvalue weighted by molar-refractivity contribution is 9.09. The number of carbonyl (C=O) groups is 1. The quantitative estimate of drug-likeness (QED) is 0.573. The molecule has 5 nitrogen and oxygen atoms in total. The van der Waals surface area contributed by atoms with Gasteiger partial charge in [-0.25, -0.2) is 0 Å². The zero-order valence-electron chi connectivity index (χ0n) is 12.1. The van der Waals surface area contributed by atoms with Gasteiger partial charge in [0.2, 0.25) is 0 Å². The number of carbonyl (C=O) groups excluding carboxylic acids is 1. The molecule has 2 heterocycles. The van der Waals surface area contributed by atoms with Crippen molar-refractivity contribution in [1.82, 2.24) is 0 Å². The highest BCUT2D eigenvalue weighted by atomic mass is 79.9. The summed E-state index contributed by atoms with van der Waals surface area (Å²) in [5.74, 6) is -0.272. The molecule has 6 atom stereocenters. The molecule has 0 aromatic carbocycles. The van der Waals surface area contributed by atoms with E-state index in [0.29, 0.717) is 6.42 Å². The Balaban J connectivity index is 1.72. The molecule has 2 saturated heterocycles. The highest BCUT2D eigenvalue weighted by Crippen LogP contribution is 2.51. The van der Waals surface area contributed by atoms with Gasteiger partial charge in [0.25, 0.3) is 0 Å². The minimum absolute atomic E-state index is 0.0554. The van der Waals surface area contributed by atoms with Gasteiger partial charge in [-0.3, -0.25) is 4.79 Å². The number of hydrogen-bond donors (Lipinski definition) is 0. The SMILES string of the molecule is CC(=O)O[C@@H]1C(Br)C[C@]23C[C@H]1OC2CCC(CCC#N)O3. The topological polar surface area (TPSA) is 68.5 Å². The van der Waals surface area contributed by atoms with Crippen molar-refractivity contribution in [2.45, 2.75) is 80.3 Å². The normalized spacial score (nSPS) is 44.7. The molecule has 0 radical (unpaired) electrons. The third-order valence-corrected chi connectivity index (χ3v) is 5.61. The Morgan fingerprint density at radius 3 is 3.00 bits per heavy atom. The van der Waals surface area contributed by atoms with Crippen molar-refractivity contribution in [3.8, 4) is 6.07 Å².